The third-order valence-electron chi connectivity index (χ3n) is 4.15. The number of sulfonamides is 2. The Hall–Kier alpha value is -2.26. The summed E-state index contributed by atoms with van der Waals surface area (Å²) < 4.78 is 55.3. The Morgan fingerprint density at radius 2 is 1.23 bits per heavy atom. The molecule has 0 aromatic heterocycles. The molecule has 6 nitrogen and oxygen atoms in total. The van der Waals surface area contributed by atoms with Crippen LogP contribution in [0.5, 0.6) is 0 Å². The van der Waals surface area contributed by atoms with Gasteiger partial charge in [0.15, 0.2) is 0 Å². The van der Waals surface area contributed by atoms with E-state index in [1.807, 2.05) is 6.92 Å². The number of rotatable bonds is 6. The topological polar surface area (TPSA) is 92.3 Å². The molecule has 0 radical (unpaired) electrons. The first-order valence-corrected chi connectivity index (χ1v) is 12.4. The van der Waals surface area contributed by atoms with Crippen molar-refractivity contribution in [2.24, 2.45) is 0 Å². The Balaban J connectivity index is 1.81. The summed E-state index contributed by atoms with van der Waals surface area (Å²) >= 11 is 11.8. The molecule has 30 heavy (non-hydrogen) atoms. The van der Waals surface area contributed by atoms with Crippen LogP contribution in [0.1, 0.15) is 11.1 Å². The number of halogens is 2. The van der Waals surface area contributed by atoms with Gasteiger partial charge in [0.2, 0.25) is 0 Å². The van der Waals surface area contributed by atoms with Crippen molar-refractivity contribution in [3.63, 3.8) is 0 Å². The fourth-order valence-corrected chi connectivity index (χ4v) is 5.69. The number of hydrogen-bond acceptors (Lipinski definition) is 4. The second-order valence-electron chi connectivity index (χ2n) is 6.66. The summed E-state index contributed by atoms with van der Waals surface area (Å²) in [5.74, 6) is 0. The molecule has 0 atom stereocenters. The van der Waals surface area contributed by atoms with Gasteiger partial charge in [-0.3, -0.25) is 9.44 Å². The van der Waals surface area contributed by atoms with Crippen molar-refractivity contribution in [2.75, 3.05) is 9.44 Å². The number of nitrogens with one attached hydrogen (secondary N) is 2. The molecular weight excluding hydrogens is 467 g/mol. The number of aryl methyl sites for hydroxylation is 2. The average molecular weight is 485 g/mol. The van der Waals surface area contributed by atoms with Crippen molar-refractivity contribution in [3.8, 4) is 0 Å². The minimum absolute atomic E-state index is 0.0481. The van der Waals surface area contributed by atoms with Gasteiger partial charge < -0.3 is 0 Å². The highest BCUT2D eigenvalue weighted by Gasteiger charge is 2.19. The van der Waals surface area contributed by atoms with Crippen LogP contribution in [0.2, 0.25) is 10.0 Å². The lowest BCUT2D eigenvalue weighted by atomic mass is 10.2. The predicted molar refractivity (Wildman–Crippen MR) is 120 cm³/mol. The highest BCUT2D eigenvalue weighted by atomic mass is 35.5. The first-order valence-electron chi connectivity index (χ1n) is 8.65. The molecular formula is C20H18Cl2N2O4S2. The predicted octanol–water partition coefficient (Wildman–Crippen LogP) is 5.21. The minimum atomic E-state index is -3.92. The molecule has 0 aliphatic rings. The van der Waals surface area contributed by atoms with E-state index in [0.717, 1.165) is 5.56 Å². The lowest BCUT2D eigenvalue weighted by Crippen LogP contribution is -2.15. The van der Waals surface area contributed by atoms with Crippen LogP contribution >= 0.6 is 23.2 Å². The third kappa shape index (κ3) is 5.26. The molecule has 0 unspecified atom stereocenters. The van der Waals surface area contributed by atoms with Crippen LogP contribution in [0.15, 0.2) is 70.5 Å². The lowest BCUT2D eigenvalue weighted by molar-refractivity contribution is 0.599. The normalized spacial score (nSPS) is 11.9. The minimum Gasteiger partial charge on any atom is -0.280 e. The van der Waals surface area contributed by atoms with Gasteiger partial charge in [0.05, 0.1) is 15.5 Å². The Labute approximate surface area is 186 Å². The molecule has 0 aliphatic carbocycles. The molecule has 3 aromatic carbocycles. The Bertz CT molecular complexity index is 1290. The molecule has 2 N–H and O–H groups in total. The smallest absolute Gasteiger partial charge is 0.262 e. The van der Waals surface area contributed by atoms with Crippen LogP contribution in [-0.4, -0.2) is 16.8 Å². The maximum atomic E-state index is 12.7. The van der Waals surface area contributed by atoms with Crippen molar-refractivity contribution >= 4 is 54.6 Å². The molecule has 0 spiro atoms. The van der Waals surface area contributed by atoms with Gasteiger partial charge in [-0.25, -0.2) is 16.8 Å². The van der Waals surface area contributed by atoms with Gasteiger partial charge in [0.1, 0.15) is 0 Å². The van der Waals surface area contributed by atoms with Crippen LogP contribution in [0.25, 0.3) is 0 Å². The van der Waals surface area contributed by atoms with Gasteiger partial charge in [0.25, 0.3) is 20.0 Å². The van der Waals surface area contributed by atoms with Crippen molar-refractivity contribution < 1.29 is 16.8 Å². The van der Waals surface area contributed by atoms with Gasteiger partial charge in [-0.2, -0.15) is 0 Å². The Morgan fingerprint density at radius 1 is 0.667 bits per heavy atom. The van der Waals surface area contributed by atoms with Crippen molar-refractivity contribution in [1.29, 1.82) is 0 Å². The maximum Gasteiger partial charge on any atom is 0.262 e. The van der Waals surface area contributed by atoms with Crippen LogP contribution in [0, 0.1) is 13.8 Å². The lowest BCUT2D eigenvalue weighted by Gasteiger charge is -2.12. The summed E-state index contributed by atoms with van der Waals surface area (Å²) in [6, 6.07) is 14.7. The van der Waals surface area contributed by atoms with Crippen LogP contribution in [0.4, 0.5) is 11.4 Å². The van der Waals surface area contributed by atoms with E-state index in [1.165, 1.54) is 48.5 Å². The summed E-state index contributed by atoms with van der Waals surface area (Å²) in [7, 11) is -7.73. The number of benzene rings is 3. The van der Waals surface area contributed by atoms with E-state index in [2.05, 4.69) is 9.44 Å². The zero-order chi connectivity index (χ0) is 22.1. The van der Waals surface area contributed by atoms with Gasteiger partial charge in [-0.05, 0) is 67.9 Å². The molecule has 0 fully saturated rings. The molecule has 3 rings (SSSR count). The zero-order valence-corrected chi connectivity index (χ0v) is 19.1. The maximum absolute atomic E-state index is 12.7. The van der Waals surface area contributed by atoms with E-state index in [9.17, 15) is 16.8 Å². The third-order valence-corrected chi connectivity index (χ3v) is 7.53. The number of anilines is 2. The van der Waals surface area contributed by atoms with E-state index in [1.54, 1.807) is 19.1 Å². The van der Waals surface area contributed by atoms with Crippen molar-refractivity contribution in [3.05, 3.63) is 81.8 Å². The summed E-state index contributed by atoms with van der Waals surface area (Å²) in [4.78, 5) is 0.109. The molecule has 0 bridgehead atoms. The van der Waals surface area contributed by atoms with E-state index >= 15 is 0 Å². The first kappa shape index (κ1) is 22.4. The molecule has 0 saturated carbocycles. The van der Waals surface area contributed by atoms with E-state index in [4.69, 9.17) is 23.2 Å². The van der Waals surface area contributed by atoms with Crippen molar-refractivity contribution in [2.45, 2.75) is 23.6 Å². The Morgan fingerprint density at radius 3 is 1.80 bits per heavy atom. The summed E-state index contributed by atoms with van der Waals surface area (Å²) in [6.07, 6.45) is 0. The molecule has 0 aliphatic heterocycles. The monoisotopic (exact) mass is 484 g/mol. The molecule has 0 saturated heterocycles. The van der Waals surface area contributed by atoms with E-state index < -0.39 is 20.0 Å². The summed E-state index contributed by atoms with van der Waals surface area (Å²) in [5, 5.41) is 0.577. The van der Waals surface area contributed by atoms with E-state index in [-0.39, 0.29) is 31.2 Å². The standard InChI is InChI=1S/C20H18Cl2N2O4S2/c1-13-3-8-20(14(2)9-13)30(27,28)23-17-4-6-19(7-5-17)29(25,26)24-18-11-15(21)10-16(22)12-18/h3-12,23-24H,1-2H3. The average Bonchev–Trinajstić information content (AvgIpc) is 2.60. The largest absolute Gasteiger partial charge is 0.280 e. The zero-order valence-electron chi connectivity index (χ0n) is 16.0. The molecule has 0 amide bonds. The summed E-state index contributed by atoms with van der Waals surface area (Å²) in [5.41, 5.74) is 2.02. The highest BCUT2D eigenvalue weighted by molar-refractivity contribution is 7.93. The Kier molecular flexibility index (Phi) is 6.33. The van der Waals surface area contributed by atoms with Crippen LogP contribution < -0.4 is 9.44 Å². The quantitative estimate of drug-likeness (QED) is 0.501. The second kappa shape index (κ2) is 8.47. The second-order valence-corrected chi connectivity index (χ2v) is 10.9. The fraction of sp³-hybridized carbons (Fsp3) is 0.100. The summed E-state index contributed by atoms with van der Waals surface area (Å²) in [6.45, 7) is 3.59. The highest BCUT2D eigenvalue weighted by Crippen LogP contribution is 2.26. The first-order chi connectivity index (χ1) is 14.0. The van der Waals surface area contributed by atoms with E-state index in [0.29, 0.717) is 5.56 Å². The number of hydrogen-bond donors (Lipinski definition) is 2. The fourth-order valence-electron chi connectivity index (χ4n) is 2.84. The van der Waals surface area contributed by atoms with Gasteiger partial charge in [0, 0.05) is 15.7 Å². The SMILES string of the molecule is Cc1ccc(S(=O)(=O)Nc2ccc(S(=O)(=O)Nc3cc(Cl)cc(Cl)c3)cc2)c(C)c1. The van der Waals surface area contributed by atoms with Crippen LogP contribution in [0.3, 0.4) is 0 Å². The molecule has 0 heterocycles. The van der Waals surface area contributed by atoms with Gasteiger partial charge in [-0.1, -0.05) is 40.9 Å². The molecule has 10 heteroatoms. The molecule has 3 aromatic rings. The van der Waals surface area contributed by atoms with Crippen molar-refractivity contribution in [1.82, 2.24) is 0 Å². The van der Waals surface area contributed by atoms with Gasteiger partial charge in [-0.15, -0.1) is 0 Å². The van der Waals surface area contributed by atoms with Gasteiger partial charge >= 0.3 is 0 Å². The molecule has 158 valence electrons. The van der Waals surface area contributed by atoms with Crippen LogP contribution in [-0.2, 0) is 20.0 Å².